The number of rotatable bonds is 3. The fourth-order valence-corrected chi connectivity index (χ4v) is 2.69. The van der Waals surface area contributed by atoms with Crippen LogP contribution in [-0.4, -0.2) is 25.2 Å². The summed E-state index contributed by atoms with van der Waals surface area (Å²) in [5.74, 6) is 0.820. The van der Waals surface area contributed by atoms with Crippen LogP contribution >= 0.6 is 0 Å². The summed E-state index contributed by atoms with van der Waals surface area (Å²) >= 11 is 0. The highest BCUT2D eigenvalue weighted by atomic mass is 16.6. The second kappa shape index (κ2) is 6.32. The van der Waals surface area contributed by atoms with Crippen LogP contribution in [0.1, 0.15) is 10.4 Å². The summed E-state index contributed by atoms with van der Waals surface area (Å²) in [4.78, 5) is 24.3. The Morgan fingerprint density at radius 1 is 1.08 bits per heavy atom. The lowest BCUT2D eigenvalue weighted by Crippen LogP contribution is -2.41. The van der Waals surface area contributed by atoms with E-state index in [-0.39, 0.29) is 18.2 Å². The first-order valence-corrected chi connectivity index (χ1v) is 7.90. The molecule has 2 heterocycles. The average Bonchev–Trinajstić information content (AvgIpc) is 2.65. The first-order chi connectivity index (χ1) is 12.2. The van der Waals surface area contributed by atoms with Crippen molar-refractivity contribution in [2.45, 2.75) is 6.10 Å². The van der Waals surface area contributed by atoms with Crippen LogP contribution in [0.3, 0.4) is 0 Å². The molecule has 0 saturated carbocycles. The Hall–Kier alpha value is -3.28. The minimum Gasteiger partial charge on any atom is -0.486 e. The van der Waals surface area contributed by atoms with Gasteiger partial charge in [-0.3, -0.25) is 4.79 Å². The topological polar surface area (TPSA) is 77.8 Å². The monoisotopic (exact) mass is 337 g/mol. The van der Waals surface area contributed by atoms with E-state index < -0.39 is 11.5 Å². The number of carbonyl (C=O) groups is 1. The molecule has 0 bridgehead atoms. The van der Waals surface area contributed by atoms with Crippen LogP contribution in [0.15, 0.2) is 63.8 Å². The predicted octanol–water partition coefficient (Wildman–Crippen LogP) is 2.36. The normalized spacial score (nSPS) is 15.8. The molecule has 25 heavy (non-hydrogen) atoms. The van der Waals surface area contributed by atoms with Gasteiger partial charge < -0.3 is 19.2 Å². The van der Waals surface area contributed by atoms with Crippen LogP contribution in [0.2, 0.25) is 0 Å². The summed E-state index contributed by atoms with van der Waals surface area (Å²) in [6, 6.07) is 15.9. The van der Waals surface area contributed by atoms with Crippen LogP contribution < -0.4 is 20.4 Å². The highest BCUT2D eigenvalue weighted by molar-refractivity contribution is 5.96. The average molecular weight is 337 g/mol. The van der Waals surface area contributed by atoms with E-state index in [0.717, 1.165) is 0 Å². The van der Waals surface area contributed by atoms with E-state index in [9.17, 15) is 9.59 Å². The van der Waals surface area contributed by atoms with Gasteiger partial charge in [0.25, 0.3) is 5.91 Å². The molecule has 3 aromatic rings. The summed E-state index contributed by atoms with van der Waals surface area (Å²) in [7, 11) is 0. The molecule has 0 spiro atoms. The Labute approximate surface area is 143 Å². The fourth-order valence-electron chi connectivity index (χ4n) is 2.69. The maximum Gasteiger partial charge on any atom is 0.349 e. The Morgan fingerprint density at radius 3 is 2.72 bits per heavy atom. The van der Waals surface area contributed by atoms with Crippen molar-refractivity contribution in [2.75, 3.05) is 13.2 Å². The fraction of sp³-hybridized carbons (Fsp3) is 0.158. The molecule has 1 unspecified atom stereocenters. The standard InChI is InChI=1S/C19H15NO5/c21-18(14-9-12-5-1-2-6-15(12)25-19(14)22)20-10-13-11-23-16-7-3-4-8-17(16)24-13/h1-9,13H,10-11H2,(H,20,21). The molecule has 1 N–H and O–H groups in total. The smallest absolute Gasteiger partial charge is 0.349 e. The van der Waals surface area contributed by atoms with Gasteiger partial charge in [-0.25, -0.2) is 4.79 Å². The molecule has 6 heteroatoms. The lowest BCUT2D eigenvalue weighted by atomic mass is 10.2. The maximum absolute atomic E-state index is 12.3. The van der Waals surface area contributed by atoms with E-state index in [1.807, 2.05) is 24.3 Å². The largest absolute Gasteiger partial charge is 0.486 e. The summed E-state index contributed by atoms with van der Waals surface area (Å²) in [6.07, 6.45) is -0.327. The number of para-hydroxylation sites is 3. The molecular weight excluding hydrogens is 322 g/mol. The van der Waals surface area contributed by atoms with Crippen LogP contribution in [-0.2, 0) is 0 Å². The van der Waals surface area contributed by atoms with E-state index in [2.05, 4.69) is 5.32 Å². The van der Waals surface area contributed by atoms with Gasteiger partial charge in [0, 0.05) is 5.39 Å². The molecule has 0 radical (unpaired) electrons. The summed E-state index contributed by atoms with van der Waals surface area (Å²) in [5, 5.41) is 3.39. The first-order valence-electron chi connectivity index (χ1n) is 7.90. The molecule has 4 rings (SSSR count). The van der Waals surface area contributed by atoms with E-state index >= 15 is 0 Å². The Kier molecular flexibility index (Phi) is 3.85. The Bertz CT molecular complexity index is 994. The number of carbonyl (C=O) groups excluding carboxylic acids is 1. The second-order valence-electron chi connectivity index (χ2n) is 5.69. The second-order valence-corrected chi connectivity index (χ2v) is 5.69. The van der Waals surface area contributed by atoms with E-state index in [0.29, 0.717) is 29.1 Å². The molecule has 1 atom stereocenters. The zero-order valence-corrected chi connectivity index (χ0v) is 13.2. The lowest BCUT2D eigenvalue weighted by Gasteiger charge is -2.26. The third kappa shape index (κ3) is 3.06. The lowest BCUT2D eigenvalue weighted by molar-refractivity contribution is 0.0787. The molecule has 0 fully saturated rings. The molecule has 0 saturated heterocycles. The number of amides is 1. The van der Waals surface area contributed by atoms with Gasteiger partial charge in [-0.2, -0.15) is 0 Å². The van der Waals surface area contributed by atoms with Crippen LogP contribution in [0.4, 0.5) is 0 Å². The van der Waals surface area contributed by atoms with Gasteiger partial charge in [0.05, 0.1) is 6.54 Å². The third-order valence-corrected chi connectivity index (χ3v) is 3.94. The number of hydrogen-bond donors (Lipinski definition) is 1. The quantitative estimate of drug-likeness (QED) is 0.743. The van der Waals surface area contributed by atoms with Crippen molar-refractivity contribution in [3.8, 4) is 11.5 Å². The van der Waals surface area contributed by atoms with Gasteiger partial charge in [-0.15, -0.1) is 0 Å². The predicted molar refractivity (Wildman–Crippen MR) is 91.2 cm³/mol. The van der Waals surface area contributed by atoms with Crippen molar-refractivity contribution >= 4 is 16.9 Å². The van der Waals surface area contributed by atoms with Gasteiger partial charge in [-0.1, -0.05) is 30.3 Å². The van der Waals surface area contributed by atoms with Crippen molar-refractivity contribution in [3.63, 3.8) is 0 Å². The highest BCUT2D eigenvalue weighted by Gasteiger charge is 2.22. The zero-order chi connectivity index (χ0) is 17.2. The summed E-state index contributed by atoms with van der Waals surface area (Å²) in [6.45, 7) is 0.545. The Balaban J connectivity index is 1.46. The number of ether oxygens (including phenoxy) is 2. The molecule has 1 aromatic heterocycles. The minimum atomic E-state index is -0.664. The van der Waals surface area contributed by atoms with Gasteiger partial charge >= 0.3 is 5.63 Å². The van der Waals surface area contributed by atoms with Crippen LogP contribution in [0, 0.1) is 0 Å². The van der Waals surface area contributed by atoms with E-state index in [1.165, 1.54) is 6.07 Å². The summed E-state index contributed by atoms with van der Waals surface area (Å²) < 4.78 is 16.6. The molecule has 126 valence electrons. The maximum atomic E-state index is 12.3. The van der Waals surface area contributed by atoms with Gasteiger partial charge in [-0.05, 0) is 24.3 Å². The van der Waals surface area contributed by atoms with Gasteiger partial charge in [0.15, 0.2) is 11.5 Å². The number of hydrogen-bond acceptors (Lipinski definition) is 5. The van der Waals surface area contributed by atoms with E-state index in [4.69, 9.17) is 13.9 Å². The van der Waals surface area contributed by atoms with Gasteiger partial charge in [0.2, 0.25) is 0 Å². The van der Waals surface area contributed by atoms with Crippen LogP contribution in [0.25, 0.3) is 11.0 Å². The minimum absolute atomic E-state index is 0.0316. The Morgan fingerprint density at radius 2 is 1.84 bits per heavy atom. The molecule has 0 aliphatic carbocycles. The van der Waals surface area contributed by atoms with E-state index in [1.54, 1.807) is 24.3 Å². The highest BCUT2D eigenvalue weighted by Crippen LogP contribution is 2.30. The van der Waals surface area contributed by atoms with Crippen LogP contribution in [0.5, 0.6) is 11.5 Å². The third-order valence-electron chi connectivity index (χ3n) is 3.94. The number of nitrogens with one attached hydrogen (secondary N) is 1. The molecule has 1 aliphatic heterocycles. The molecule has 1 aliphatic rings. The SMILES string of the molecule is O=C(NCC1COc2ccccc2O1)c1cc2ccccc2oc1=O. The number of fused-ring (bicyclic) bond motifs is 2. The molecule has 6 nitrogen and oxygen atoms in total. The van der Waals surface area contributed by atoms with Crippen molar-refractivity contribution in [2.24, 2.45) is 0 Å². The van der Waals surface area contributed by atoms with Crippen molar-refractivity contribution < 1.29 is 18.7 Å². The first kappa shape index (κ1) is 15.3. The summed E-state index contributed by atoms with van der Waals surface area (Å²) in [5.41, 5.74) is -0.247. The number of benzene rings is 2. The van der Waals surface area contributed by atoms with Crippen molar-refractivity contribution in [1.82, 2.24) is 5.32 Å². The van der Waals surface area contributed by atoms with Crippen molar-refractivity contribution in [3.05, 3.63) is 70.6 Å². The van der Waals surface area contributed by atoms with Crippen molar-refractivity contribution in [1.29, 1.82) is 0 Å². The molecule has 2 aromatic carbocycles. The molecular formula is C19H15NO5. The van der Waals surface area contributed by atoms with Gasteiger partial charge in [0.1, 0.15) is 23.9 Å². The zero-order valence-electron chi connectivity index (χ0n) is 13.2. The molecule has 1 amide bonds.